The van der Waals surface area contributed by atoms with Crippen molar-refractivity contribution in [1.82, 2.24) is 0 Å². The van der Waals surface area contributed by atoms with Crippen molar-refractivity contribution in [2.75, 3.05) is 7.11 Å². The molecule has 0 aliphatic carbocycles. The Morgan fingerprint density at radius 2 is 1.80 bits per heavy atom. The molecule has 0 unspecified atom stereocenters. The lowest BCUT2D eigenvalue weighted by Crippen LogP contribution is -2.23. The number of rotatable bonds is 6. The van der Waals surface area contributed by atoms with Crippen LogP contribution < -0.4 is 4.74 Å². The van der Waals surface area contributed by atoms with Gasteiger partial charge in [-0.1, -0.05) is 35.9 Å². The van der Waals surface area contributed by atoms with Crippen LogP contribution in [0.4, 0.5) is 4.39 Å². The standard InChI is InChI=1S/C20H19FO4/c1-13-4-8-16(9-5-13)20(23)14(2)25-19(22)11-7-15-6-10-18(24-3)17(21)12-15/h4-12,14H,1-3H3/b11-7+/t14-/m1/s1. The van der Waals surface area contributed by atoms with E-state index in [2.05, 4.69) is 0 Å². The van der Waals surface area contributed by atoms with Crippen molar-refractivity contribution in [2.24, 2.45) is 0 Å². The van der Waals surface area contributed by atoms with Gasteiger partial charge in [0.1, 0.15) is 0 Å². The molecule has 2 rings (SSSR count). The second kappa shape index (κ2) is 8.24. The van der Waals surface area contributed by atoms with Crippen LogP contribution in [0.5, 0.6) is 5.75 Å². The summed E-state index contributed by atoms with van der Waals surface area (Å²) in [6.45, 7) is 3.44. The minimum atomic E-state index is -0.910. The average Bonchev–Trinajstić information content (AvgIpc) is 2.60. The van der Waals surface area contributed by atoms with Crippen LogP contribution in [0.15, 0.2) is 48.5 Å². The summed E-state index contributed by atoms with van der Waals surface area (Å²) in [6.07, 6.45) is 1.65. The van der Waals surface area contributed by atoms with Gasteiger partial charge in [0.2, 0.25) is 5.78 Å². The molecule has 2 aromatic carbocycles. The first-order chi connectivity index (χ1) is 11.9. The van der Waals surface area contributed by atoms with Crippen molar-refractivity contribution in [1.29, 1.82) is 0 Å². The summed E-state index contributed by atoms with van der Waals surface area (Å²) in [5, 5.41) is 0. The number of carbonyl (C=O) groups is 2. The first-order valence-corrected chi connectivity index (χ1v) is 7.74. The summed E-state index contributed by atoms with van der Waals surface area (Å²) in [6, 6.07) is 11.3. The molecule has 0 radical (unpaired) electrons. The quantitative estimate of drug-likeness (QED) is 0.453. The molecule has 130 valence electrons. The normalized spacial score (nSPS) is 12.0. The van der Waals surface area contributed by atoms with E-state index < -0.39 is 17.9 Å². The number of benzene rings is 2. The van der Waals surface area contributed by atoms with Crippen LogP contribution >= 0.6 is 0 Å². The van der Waals surface area contributed by atoms with Crippen LogP contribution in [0.2, 0.25) is 0 Å². The number of esters is 1. The predicted molar refractivity (Wildman–Crippen MR) is 93.0 cm³/mol. The molecule has 4 nitrogen and oxygen atoms in total. The van der Waals surface area contributed by atoms with E-state index in [1.54, 1.807) is 18.2 Å². The molecule has 0 aliphatic rings. The number of ketones is 1. The van der Waals surface area contributed by atoms with Gasteiger partial charge < -0.3 is 9.47 Å². The van der Waals surface area contributed by atoms with Gasteiger partial charge in [-0.15, -0.1) is 0 Å². The molecule has 0 amide bonds. The van der Waals surface area contributed by atoms with Gasteiger partial charge in [0.05, 0.1) is 7.11 Å². The molecule has 0 aromatic heterocycles. The van der Waals surface area contributed by atoms with Gasteiger partial charge in [-0.05, 0) is 37.6 Å². The lowest BCUT2D eigenvalue weighted by atomic mass is 10.1. The minimum absolute atomic E-state index is 0.122. The maximum Gasteiger partial charge on any atom is 0.331 e. The van der Waals surface area contributed by atoms with Crippen LogP contribution in [0, 0.1) is 12.7 Å². The summed E-state index contributed by atoms with van der Waals surface area (Å²) in [5.41, 5.74) is 2.00. The summed E-state index contributed by atoms with van der Waals surface area (Å²) in [5.74, 6) is -1.36. The van der Waals surface area contributed by atoms with Crippen molar-refractivity contribution >= 4 is 17.8 Å². The zero-order valence-corrected chi connectivity index (χ0v) is 14.3. The van der Waals surface area contributed by atoms with Crippen molar-refractivity contribution in [3.05, 3.63) is 71.0 Å². The molecule has 1 atom stereocenters. The molecule has 0 aliphatic heterocycles. The van der Waals surface area contributed by atoms with Crippen LogP contribution in [0.25, 0.3) is 6.08 Å². The Balaban J connectivity index is 1.98. The smallest absolute Gasteiger partial charge is 0.331 e. The molecule has 0 bridgehead atoms. The monoisotopic (exact) mass is 342 g/mol. The van der Waals surface area contributed by atoms with Crippen LogP contribution in [0.3, 0.4) is 0 Å². The lowest BCUT2D eigenvalue weighted by molar-refractivity contribution is -0.140. The van der Waals surface area contributed by atoms with Crippen LogP contribution in [-0.2, 0) is 9.53 Å². The zero-order chi connectivity index (χ0) is 18.4. The van der Waals surface area contributed by atoms with E-state index in [0.717, 1.165) is 11.6 Å². The molecule has 0 N–H and O–H groups in total. The fourth-order valence-corrected chi connectivity index (χ4v) is 2.17. The third-order valence-electron chi connectivity index (χ3n) is 3.59. The van der Waals surface area contributed by atoms with Crippen LogP contribution in [0.1, 0.15) is 28.4 Å². The SMILES string of the molecule is COc1ccc(/C=C/C(=O)O[C@H](C)C(=O)c2ccc(C)cc2)cc1F. The molecule has 5 heteroatoms. The fourth-order valence-electron chi connectivity index (χ4n) is 2.17. The first kappa shape index (κ1) is 18.4. The molecule has 0 heterocycles. The molecule has 2 aromatic rings. The number of aryl methyl sites for hydroxylation is 1. The van der Waals surface area contributed by atoms with Crippen LogP contribution in [-0.4, -0.2) is 25.0 Å². The fraction of sp³-hybridized carbons (Fsp3) is 0.200. The van der Waals surface area contributed by atoms with Gasteiger partial charge in [0.25, 0.3) is 0 Å². The van der Waals surface area contributed by atoms with Gasteiger partial charge in [0.15, 0.2) is 17.7 Å². The van der Waals surface area contributed by atoms with Crippen molar-refractivity contribution in [2.45, 2.75) is 20.0 Å². The van der Waals surface area contributed by atoms with Gasteiger partial charge in [-0.25, -0.2) is 9.18 Å². The highest BCUT2D eigenvalue weighted by Gasteiger charge is 2.18. The Bertz CT molecular complexity index is 794. The number of carbonyl (C=O) groups excluding carboxylic acids is 2. The van der Waals surface area contributed by atoms with E-state index in [9.17, 15) is 14.0 Å². The molecular formula is C20H19FO4. The summed E-state index contributed by atoms with van der Waals surface area (Å²) in [7, 11) is 1.37. The number of hydrogen-bond acceptors (Lipinski definition) is 4. The Kier molecular flexibility index (Phi) is 6.06. The largest absolute Gasteiger partial charge is 0.494 e. The molecule has 0 spiro atoms. The lowest BCUT2D eigenvalue weighted by Gasteiger charge is -2.11. The summed E-state index contributed by atoms with van der Waals surface area (Å²) < 4.78 is 23.5. The number of methoxy groups -OCH3 is 1. The van der Waals surface area contributed by atoms with Gasteiger partial charge in [-0.3, -0.25) is 4.79 Å². The van der Waals surface area contributed by atoms with E-state index in [1.807, 2.05) is 19.1 Å². The van der Waals surface area contributed by atoms with Gasteiger partial charge in [-0.2, -0.15) is 0 Å². The molecule has 0 saturated carbocycles. The van der Waals surface area contributed by atoms with Crippen molar-refractivity contribution in [3.63, 3.8) is 0 Å². The molecule has 25 heavy (non-hydrogen) atoms. The Labute approximate surface area is 145 Å². The van der Waals surface area contributed by atoms with Crippen molar-refractivity contribution in [3.8, 4) is 5.75 Å². The topological polar surface area (TPSA) is 52.6 Å². The van der Waals surface area contributed by atoms with Crippen molar-refractivity contribution < 1.29 is 23.5 Å². The van der Waals surface area contributed by atoms with E-state index in [4.69, 9.17) is 9.47 Å². The summed E-state index contributed by atoms with van der Waals surface area (Å²) in [4.78, 5) is 24.1. The van der Waals surface area contributed by atoms with E-state index >= 15 is 0 Å². The number of halogens is 1. The Morgan fingerprint density at radius 3 is 2.40 bits per heavy atom. The maximum absolute atomic E-state index is 13.6. The van der Waals surface area contributed by atoms with E-state index in [1.165, 1.54) is 32.2 Å². The third kappa shape index (κ3) is 5.01. The van der Waals surface area contributed by atoms with E-state index in [-0.39, 0.29) is 11.5 Å². The van der Waals surface area contributed by atoms with E-state index in [0.29, 0.717) is 11.1 Å². The number of hydrogen-bond donors (Lipinski definition) is 0. The highest BCUT2D eigenvalue weighted by Crippen LogP contribution is 2.18. The second-order valence-corrected chi connectivity index (χ2v) is 5.54. The number of ether oxygens (including phenoxy) is 2. The van der Waals surface area contributed by atoms with Gasteiger partial charge in [0, 0.05) is 11.6 Å². The highest BCUT2D eigenvalue weighted by atomic mass is 19.1. The predicted octanol–water partition coefficient (Wildman–Crippen LogP) is 3.97. The molecule has 0 saturated heterocycles. The first-order valence-electron chi connectivity index (χ1n) is 7.74. The number of Topliss-reactive ketones (excluding diaryl/α,β-unsaturated/α-hetero) is 1. The molecule has 0 fully saturated rings. The van der Waals surface area contributed by atoms with Gasteiger partial charge >= 0.3 is 5.97 Å². The maximum atomic E-state index is 13.6. The highest BCUT2D eigenvalue weighted by molar-refractivity contribution is 6.01. The minimum Gasteiger partial charge on any atom is -0.494 e. The third-order valence-corrected chi connectivity index (χ3v) is 3.59. The molecular weight excluding hydrogens is 323 g/mol. The average molecular weight is 342 g/mol. The Morgan fingerprint density at radius 1 is 1.12 bits per heavy atom. The summed E-state index contributed by atoms with van der Waals surface area (Å²) >= 11 is 0. The zero-order valence-electron chi connectivity index (χ0n) is 14.3. The Hall–Kier alpha value is -2.95. The second-order valence-electron chi connectivity index (χ2n) is 5.54.